The Morgan fingerprint density at radius 1 is 0.957 bits per heavy atom. The lowest BCUT2D eigenvalue weighted by Gasteiger charge is -2.21. The molecule has 116 valence electrons. The molecular formula is C20H20N2O. The molecule has 1 N–H and O–H groups in total. The number of carbonyl (C=O) groups is 1. The number of fused-ring (bicyclic) bond motifs is 1. The van der Waals surface area contributed by atoms with Crippen molar-refractivity contribution in [1.29, 1.82) is 0 Å². The zero-order valence-corrected chi connectivity index (χ0v) is 13.4. The number of amides is 1. The molecule has 1 amide bonds. The van der Waals surface area contributed by atoms with Gasteiger partial charge in [-0.3, -0.25) is 9.78 Å². The Hall–Kier alpha value is -2.68. The molecule has 3 rings (SSSR count). The standard InChI is InChI=1S/C20H20N2O/c1-14(2)19(15-8-4-3-5-9-15)20(23)22-18-13-21-12-16-10-6-7-11-17(16)18/h3-14,19H,1-2H3,(H,22,23). The van der Waals surface area contributed by atoms with E-state index < -0.39 is 0 Å². The zero-order chi connectivity index (χ0) is 16.2. The van der Waals surface area contributed by atoms with Gasteiger partial charge in [0, 0.05) is 17.0 Å². The second-order valence-corrected chi connectivity index (χ2v) is 6.03. The van der Waals surface area contributed by atoms with Crippen LogP contribution >= 0.6 is 0 Å². The molecule has 0 saturated heterocycles. The first-order valence-electron chi connectivity index (χ1n) is 7.85. The number of hydrogen-bond acceptors (Lipinski definition) is 2. The molecule has 0 bridgehead atoms. The fourth-order valence-electron chi connectivity index (χ4n) is 2.93. The van der Waals surface area contributed by atoms with Crippen molar-refractivity contribution in [3.05, 3.63) is 72.6 Å². The Morgan fingerprint density at radius 3 is 2.39 bits per heavy atom. The lowest BCUT2D eigenvalue weighted by atomic mass is 9.87. The van der Waals surface area contributed by atoms with Crippen molar-refractivity contribution in [3.8, 4) is 0 Å². The SMILES string of the molecule is CC(C)C(C(=O)Nc1cncc2ccccc12)c1ccccc1. The first-order chi connectivity index (χ1) is 11.2. The van der Waals surface area contributed by atoms with Gasteiger partial charge in [0.15, 0.2) is 0 Å². The Morgan fingerprint density at radius 2 is 1.65 bits per heavy atom. The van der Waals surface area contributed by atoms with Gasteiger partial charge >= 0.3 is 0 Å². The van der Waals surface area contributed by atoms with Crippen LogP contribution in [0.3, 0.4) is 0 Å². The Kier molecular flexibility index (Phi) is 4.38. The van der Waals surface area contributed by atoms with E-state index >= 15 is 0 Å². The molecule has 0 aliphatic heterocycles. The predicted molar refractivity (Wildman–Crippen MR) is 94.4 cm³/mol. The predicted octanol–water partition coefficient (Wildman–Crippen LogP) is 4.61. The summed E-state index contributed by atoms with van der Waals surface area (Å²) < 4.78 is 0. The molecule has 0 saturated carbocycles. The van der Waals surface area contributed by atoms with E-state index in [1.54, 1.807) is 6.20 Å². The number of aromatic nitrogens is 1. The quantitative estimate of drug-likeness (QED) is 0.764. The third-order valence-corrected chi connectivity index (χ3v) is 4.03. The molecule has 1 heterocycles. The highest BCUT2D eigenvalue weighted by Crippen LogP contribution is 2.28. The molecule has 23 heavy (non-hydrogen) atoms. The van der Waals surface area contributed by atoms with E-state index in [0.29, 0.717) is 0 Å². The maximum absolute atomic E-state index is 12.9. The van der Waals surface area contributed by atoms with Gasteiger partial charge in [-0.2, -0.15) is 0 Å². The van der Waals surface area contributed by atoms with Crippen molar-refractivity contribution in [1.82, 2.24) is 4.98 Å². The average Bonchev–Trinajstić information content (AvgIpc) is 2.56. The lowest BCUT2D eigenvalue weighted by molar-refractivity contribution is -0.118. The smallest absolute Gasteiger partial charge is 0.232 e. The summed E-state index contributed by atoms with van der Waals surface area (Å²) in [5.74, 6) is 0.0276. The molecule has 3 nitrogen and oxygen atoms in total. The summed E-state index contributed by atoms with van der Waals surface area (Å²) in [6.07, 6.45) is 3.52. The number of pyridine rings is 1. The van der Waals surface area contributed by atoms with Crippen molar-refractivity contribution in [2.75, 3.05) is 5.32 Å². The zero-order valence-electron chi connectivity index (χ0n) is 13.4. The summed E-state index contributed by atoms with van der Waals surface area (Å²) >= 11 is 0. The summed E-state index contributed by atoms with van der Waals surface area (Å²) in [4.78, 5) is 17.1. The fourth-order valence-corrected chi connectivity index (χ4v) is 2.93. The summed E-state index contributed by atoms with van der Waals surface area (Å²) in [5.41, 5.74) is 1.79. The molecule has 1 unspecified atom stereocenters. The molecule has 0 aliphatic rings. The molecule has 3 heteroatoms. The third-order valence-electron chi connectivity index (χ3n) is 4.03. The van der Waals surface area contributed by atoms with E-state index in [-0.39, 0.29) is 17.7 Å². The molecule has 2 aromatic carbocycles. The van der Waals surface area contributed by atoms with Crippen LogP contribution in [0.2, 0.25) is 0 Å². The maximum atomic E-state index is 12.9. The second kappa shape index (κ2) is 6.61. The topological polar surface area (TPSA) is 42.0 Å². The van der Waals surface area contributed by atoms with Crippen LogP contribution in [0.25, 0.3) is 10.8 Å². The number of rotatable bonds is 4. The van der Waals surface area contributed by atoms with Gasteiger partial charge in [0.05, 0.1) is 17.8 Å². The highest BCUT2D eigenvalue weighted by Gasteiger charge is 2.24. The van der Waals surface area contributed by atoms with Gasteiger partial charge in [0.1, 0.15) is 0 Å². The monoisotopic (exact) mass is 304 g/mol. The summed E-state index contributed by atoms with van der Waals surface area (Å²) in [6, 6.07) is 17.8. The van der Waals surface area contributed by atoms with Crippen LogP contribution in [0.4, 0.5) is 5.69 Å². The number of nitrogens with zero attached hydrogens (tertiary/aromatic N) is 1. The highest BCUT2D eigenvalue weighted by molar-refractivity contribution is 6.03. The molecular weight excluding hydrogens is 284 g/mol. The van der Waals surface area contributed by atoms with E-state index in [4.69, 9.17) is 0 Å². The number of carbonyl (C=O) groups excluding carboxylic acids is 1. The summed E-state index contributed by atoms with van der Waals surface area (Å²) in [7, 11) is 0. The molecule has 0 radical (unpaired) electrons. The highest BCUT2D eigenvalue weighted by atomic mass is 16.1. The lowest BCUT2D eigenvalue weighted by Crippen LogP contribution is -2.25. The molecule has 3 aromatic rings. The normalized spacial score (nSPS) is 12.3. The van der Waals surface area contributed by atoms with Crippen LogP contribution < -0.4 is 5.32 Å². The van der Waals surface area contributed by atoms with E-state index in [1.807, 2.05) is 60.8 Å². The van der Waals surface area contributed by atoms with Crippen molar-refractivity contribution in [3.63, 3.8) is 0 Å². The molecule has 0 spiro atoms. The van der Waals surface area contributed by atoms with Gasteiger partial charge in [-0.15, -0.1) is 0 Å². The van der Waals surface area contributed by atoms with Gasteiger partial charge in [-0.25, -0.2) is 0 Å². The third kappa shape index (κ3) is 3.24. The molecule has 0 fully saturated rings. The van der Waals surface area contributed by atoms with Gasteiger partial charge in [0.2, 0.25) is 5.91 Å². The van der Waals surface area contributed by atoms with Crippen LogP contribution in [-0.2, 0) is 4.79 Å². The van der Waals surface area contributed by atoms with Gasteiger partial charge in [-0.05, 0) is 11.5 Å². The number of nitrogens with one attached hydrogen (secondary N) is 1. The number of anilines is 1. The first-order valence-corrected chi connectivity index (χ1v) is 7.85. The largest absolute Gasteiger partial charge is 0.324 e. The molecule has 1 aromatic heterocycles. The number of hydrogen-bond donors (Lipinski definition) is 1. The average molecular weight is 304 g/mol. The van der Waals surface area contributed by atoms with Crippen molar-refractivity contribution in [2.24, 2.45) is 5.92 Å². The second-order valence-electron chi connectivity index (χ2n) is 6.03. The molecule has 0 aliphatic carbocycles. The minimum atomic E-state index is -0.185. The van der Waals surface area contributed by atoms with Crippen LogP contribution in [0.5, 0.6) is 0 Å². The first kappa shape index (κ1) is 15.2. The maximum Gasteiger partial charge on any atom is 0.232 e. The minimum Gasteiger partial charge on any atom is -0.324 e. The molecule has 1 atom stereocenters. The van der Waals surface area contributed by atoms with Gasteiger partial charge in [-0.1, -0.05) is 68.4 Å². The summed E-state index contributed by atoms with van der Waals surface area (Å²) in [6.45, 7) is 4.14. The van der Waals surface area contributed by atoms with E-state index in [0.717, 1.165) is 22.0 Å². The van der Waals surface area contributed by atoms with Crippen LogP contribution in [0.1, 0.15) is 25.3 Å². The van der Waals surface area contributed by atoms with Crippen LogP contribution in [0, 0.1) is 5.92 Å². The van der Waals surface area contributed by atoms with Gasteiger partial charge in [0.25, 0.3) is 0 Å². The summed E-state index contributed by atoms with van der Waals surface area (Å²) in [5, 5.41) is 5.09. The number of benzene rings is 2. The fraction of sp³-hybridized carbons (Fsp3) is 0.200. The Balaban J connectivity index is 1.93. The van der Waals surface area contributed by atoms with Crippen LogP contribution in [0.15, 0.2) is 67.0 Å². The Labute approximate surface area is 136 Å². The van der Waals surface area contributed by atoms with Crippen molar-refractivity contribution >= 4 is 22.4 Å². The van der Waals surface area contributed by atoms with Gasteiger partial charge < -0.3 is 5.32 Å². The van der Waals surface area contributed by atoms with E-state index in [1.165, 1.54) is 0 Å². The van der Waals surface area contributed by atoms with E-state index in [9.17, 15) is 4.79 Å². The van der Waals surface area contributed by atoms with Crippen molar-refractivity contribution in [2.45, 2.75) is 19.8 Å². The van der Waals surface area contributed by atoms with Crippen LogP contribution in [-0.4, -0.2) is 10.9 Å². The Bertz CT molecular complexity index is 807. The van der Waals surface area contributed by atoms with Crippen molar-refractivity contribution < 1.29 is 4.79 Å². The minimum absolute atomic E-state index is 0.00403. The van der Waals surface area contributed by atoms with E-state index in [2.05, 4.69) is 24.1 Å².